The predicted molar refractivity (Wildman–Crippen MR) is 67.3 cm³/mol. The van der Waals surface area contributed by atoms with Crippen molar-refractivity contribution >= 4 is 0 Å². The zero-order chi connectivity index (χ0) is 11.3. The van der Waals surface area contributed by atoms with Crippen LogP contribution in [-0.2, 0) is 0 Å². The molecule has 1 aliphatic carbocycles. The molecule has 1 aliphatic rings. The lowest BCUT2D eigenvalue weighted by Crippen LogP contribution is -2.47. The van der Waals surface area contributed by atoms with Gasteiger partial charge in [-0.05, 0) is 53.8 Å². The van der Waals surface area contributed by atoms with Crippen molar-refractivity contribution in [3.05, 3.63) is 0 Å². The summed E-state index contributed by atoms with van der Waals surface area (Å²) >= 11 is 0. The van der Waals surface area contributed by atoms with Crippen LogP contribution < -0.4 is 5.32 Å². The van der Waals surface area contributed by atoms with E-state index in [2.05, 4.69) is 38.2 Å². The topological polar surface area (TPSA) is 15.3 Å². The third-order valence-electron chi connectivity index (χ3n) is 4.17. The van der Waals surface area contributed by atoms with E-state index < -0.39 is 0 Å². The minimum Gasteiger partial charge on any atom is -0.314 e. The van der Waals surface area contributed by atoms with Gasteiger partial charge < -0.3 is 10.2 Å². The van der Waals surface area contributed by atoms with E-state index in [4.69, 9.17) is 0 Å². The molecule has 15 heavy (non-hydrogen) atoms. The van der Waals surface area contributed by atoms with Gasteiger partial charge in [0.2, 0.25) is 0 Å². The van der Waals surface area contributed by atoms with Gasteiger partial charge in [0.05, 0.1) is 0 Å². The summed E-state index contributed by atoms with van der Waals surface area (Å²) in [6.07, 6.45) is 8.30. The largest absolute Gasteiger partial charge is 0.314 e. The Balaban J connectivity index is 2.38. The van der Waals surface area contributed by atoms with Gasteiger partial charge in [-0.25, -0.2) is 0 Å². The molecule has 0 spiro atoms. The maximum absolute atomic E-state index is 3.59. The fourth-order valence-corrected chi connectivity index (χ4v) is 2.50. The van der Waals surface area contributed by atoms with E-state index in [0.29, 0.717) is 11.6 Å². The van der Waals surface area contributed by atoms with Crippen LogP contribution >= 0.6 is 0 Å². The molecule has 1 saturated carbocycles. The van der Waals surface area contributed by atoms with Gasteiger partial charge in [0.25, 0.3) is 0 Å². The molecule has 0 saturated heterocycles. The highest BCUT2D eigenvalue weighted by Gasteiger charge is 2.29. The first kappa shape index (κ1) is 13.0. The molecule has 1 rings (SSSR count). The summed E-state index contributed by atoms with van der Waals surface area (Å²) in [4.78, 5) is 2.45. The average molecular weight is 212 g/mol. The van der Waals surface area contributed by atoms with Crippen LogP contribution in [0.5, 0.6) is 0 Å². The second-order valence-corrected chi connectivity index (χ2v) is 5.42. The van der Waals surface area contributed by atoms with Crippen molar-refractivity contribution in [1.82, 2.24) is 10.2 Å². The van der Waals surface area contributed by atoms with Gasteiger partial charge in [0, 0.05) is 11.6 Å². The highest BCUT2D eigenvalue weighted by molar-refractivity contribution is 4.90. The molecule has 0 bridgehead atoms. The molecule has 0 aromatic carbocycles. The summed E-state index contributed by atoms with van der Waals surface area (Å²) in [5, 5.41) is 3.59. The molecule has 1 N–H and O–H groups in total. The number of nitrogens with one attached hydrogen (secondary N) is 1. The van der Waals surface area contributed by atoms with Crippen LogP contribution in [0, 0.1) is 0 Å². The normalized spacial score (nSPS) is 21.2. The molecule has 0 aromatic rings. The molecule has 1 fully saturated rings. The molecule has 2 nitrogen and oxygen atoms in total. The van der Waals surface area contributed by atoms with Crippen molar-refractivity contribution in [2.45, 2.75) is 64.0 Å². The van der Waals surface area contributed by atoms with E-state index in [0.717, 1.165) is 0 Å². The molecule has 0 radical (unpaired) electrons. The van der Waals surface area contributed by atoms with Gasteiger partial charge in [-0.1, -0.05) is 19.3 Å². The minimum absolute atomic E-state index is 0.446. The molecule has 0 aliphatic heterocycles. The summed E-state index contributed by atoms with van der Waals surface area (Å²) < 4.78 is 0. The fourth-order valence-electron chi connectivity index (χ4n) is 2.50. The van der Waals surface area contributed by atoms with E-state index in [1.54, 1.807) is 0 Å². The van der Waals surface area contributed by atoms with E-state index >= 15 is 0 Å². The molecular formula is C13H28N2. The molecule has 0 aromatic heterocycles. The van der Waals surface area contributed by atoms with Crippen molar-refractivity contribution < 1.29 is 0 Å². The summed E-state index contributed by atoms with van der Waals surface area (Å²) in [7, 11) is 4.37. The summed E-state index contributed by atoms with van der Waals surface area (Å²) in [6, 6.07) is 0.669. The van der Waals surface area contributed by atoms with Crippen molar-refractivity contribution in [1.29, 1.82) is 0 Å². The number of hydrogen-bond acceptors (Lipinski definition) is 2. The smallest absolute Gasteiger partial charge is 0.0190 e. The molecule has 2 heteroatoms. The maximum Gasteiger partial charge on any atom is 0.0190 e. The Morgan fingerprint density at radius 2 is 1.80 bits per heavy atom. The Kier molecular flexibility index (Phi) is 5.07. The van der Waals surface area contributed by atoms with E-state index in [1.165, 1.54) is 45.1 Å². The second-order valence-electron chi connectivity index (χ2n) is 5.42. The van der Waals surface area contributed by atoms with E-state index in [1.807, 2.05) is 0 Å². The first-order chi connectivity index (χ1) is 7.09. The molecule has 0 unspecified atom stereocenters. The number of nitrogens with zero attached hydrogens (tertiary/aromatic N) is 1. The third-order valence-corrected chi connectivity index (χ3v) is 4.17. The summed E-state index contributed by atoms with van der Waals surface area (Å²) in [6.45, 7) is 5.76. The standard InChI is InChI=1S/C13H28N2/c1-12(2)15(4)11-10-13(14-3)8-6-5-7-9-13/h12,14H,5-11H2,1-4H3. The summed E-state index contributed by atoms with van der Waals surface area (Å²) in [5.41, 5.74) is 0.446. The Labute approximate surface area is 95.4 Å². The molecule has 0 heterocycles. The number of rotatable bonds is 5. The highest BCUT2D eigenvalue weighted by Crippen LogP contribution is 2.30. The minimum atomic E-state index is 0.446. The third kappa shape index (κ3) is 3.76. The first-order valence-electron chi connectivity index (χ1n) is 6.49. The van der Waals surface area contributed by atoms with Crippen molar-refractivity contribution in [2.75, 3.05) is 20.6 Å². The van der Waals surface area contributed by atoms with Gasteiger partial charge >= 0.3 is 0 Å². The SMILES string of the molecule is CNC1(CCN(C)C(C)C)CCCCC1. The van der Waals surface area contributed by atoms with Gasteiger partial charge in [-0.3, -0.25) is 0 Å². The van der Waals surface area contributed by atoms with Crippen LogP contribution in [0.4, 0.5) is 0 Å². The Morgan fingerprint density at radius 1 is 1.20 bits per heavy atom. The second kappa shape index (κ2) is 5.86. The zero-order valence-corrected chi connectivity index (χ0v) is 11.0. The van der Waals surface area contributed by atoms with Crippen LogP contribution in [0.2, 0.25) is 0 Å². The average Bonchev–Trinajstić information content (AvgIpc) is 2.27. The molecule has 0 atom stereocenters. The Morgan fingerprint density at radius 3 is 2.27 bits per heavy atom. The van der Waals surface area contributed by atoms with Crippen LogP contribution in [0.15, 0.2) is 0 Å². The molecule has 0 amide bonds. The first-order valence-corrected chi connectivity index (χ1v) is 6.49. The highest BCUT2D eigenvalue weighted by atomic mass is 15.1. The number of hydrogen-bond donors (Lipinski definition) is 1. The Hall–Kier alpha value is -0.0800. The van der Waals surface area contributed by atoms with Crippen LogP contribution in [0.25, 0.3) is 0 Å². The van der Waals surface area contributed by atoms with Crippen LogP contribution in [0.1, 0.15) is 52.4 Å². The van der Waals surface area contributed by atoms with E-state index in [-0.39, 0.29) is 0 Å². The Bertz CT molecular complexity index is 171. The van der Waals surface area contributed by atoms with E-state index in [9.17, 15) is 0 Å². The summed E-state index contributed by atoms with van der Waals surface area (Å²) in [5.74, 6) is 0. The van der Waals surface area contributed by atoms with Crippen molar-refractivity contribution in [3.63, 3.8) is 0 Å². The van der Waals surface area contributed by atoms with Crippen molar-refractivity contribution in [2.24, 2.45) is 0 Å². The quantitative estimate of drug-likeness (QED) is 0.753. The van der Waals surface area contributed by atoms with Gasteiger partial charge in [-0.2, -0.15) is 0 Å². The lowest BCUT2D eigenvalue weighted by atomic mass is 9.79. The zero-order valence-electron chi connectivity index (χ0n) is 11.0. The maximum atomic E-state index is 3.59. The van der Waals surface area contributed by atoms with Crippen molar-refractivity contribution in [3.8, 4) is 0 Å². The lowest BCUT2D eigenvalue weighted by molar-refractivity contribution is 0.181. The van der Waals surface area contributed by atoms with Crippen LogP contribution in [0.3, 0.4) is 0 Å². The van der Waals surface area contributed by atoms with Gasteiger partial charge in [-0.15, -0.1) is 0 Å². The lowest BCUT2D eigenvalue weighted by Gasteiger charge is -2.39. The van der Waals surface area contributed by atoms with Gasteiger partial charge in [0.1, 0.15) is 0 Å². The van der Waals surface area contributed by atoms with Crippen LogP contribution in [-0.4, -0.2) is 37.1 Å². The monoisotopic (exact) mass is 212 g/mol. The fraction of sp³-hybridized carbons (Fsp3) is 1.00. The van der Waals surface area contributed by atoms with Gasteiger partial charge in [0.15, 0.2) is 0 Å². The predicted octanol–water partition coefficient (Wildman–Crippen LogP) is 2.64. The molecular weight excluding hydrogens is 184 g/mol. The molecule has 90 valence electrons.